The fourth-order valence-corrected chi connectivity index (χ4v) is 4.00. The van der Waals surface area contributed by atoms with Crippen molar-refractivity contribution in [3.05, 3.63) is 57.8 Å². The number of fused-ring (bicyclic) bond motifs is 1. The molecular weight excluding hydrogens is 443 g/mol. The second-order valence-corrected chi connectivity index (χ2v) is 8.31. The van der Waals surface area contributed by atoms with Crippen LogP contribution in [0.2, 0.25) is 5.15 Å². The van der Waals surface area contributed by atoms with Gasteiger partial charge in [0.25, 0.3) is 5.92 Å². The van der Waals surface area contributed by atoms with Crippen LogP contribution in [-0.4, -0.2) is 26.7 Å². The Kier molecular flexibility index (Phi) is 5.47. The van der Waals surface area contributed by atoms with Gasteiger partial charge in [-0.15, -0.1) is 0 Å². The number of halogens is 4. The average molecular weight is 462 g/mol. The number of aryl methyl sites for hydroxylation is 1. The smallest absolute Gasteiger partial charge is 0.298 e. The number of hydrogen-bond acceptors (Lipinski definition) is 6. The molecule has 3 aromatic rings. The Hall–Kier alpha value is -2.96. The van der Waals surface area contributed by atoms with E-state index in [0.29, 0.717) is 41.1 Å². The summed E-state index contributed by atoms with van der Waals surface area (Å²) < 4.78 is 42.8. The van der Waals surface area contributed by atoms with Crippen LogP contribution >= 0.6 is 11.6 Å². The molecule has 6 nitrogen and oxygen atoms in total. The zero-order valence-corrected chi connectivity index (χ0v) is 18.0. The van der Waals surface area contributed by atoms with Crippen LogP contribution in [0.25, 0.3) is 11.0 Å². The molecule has 1 aliphatic rings. The summed E-state index contributed by atoms with van der Waals surface area (Å²) in [6.07, 6.45) is 1.33. The number of aromatic nitrogens is 3. The van der Waals surface area contributed by atoms with Crippen LogP contribution in [0.5, 0.6) is 0 Å². The molecule has 1 atom stereocenters. The highest BCUT2D eigenvalue weighted by Crippen LogP contribution is 2.50. The molecule has 0 saturated heterocycles. The quantitative estimate of drug-likeness (QED) is 0.505. The summed E-state index contributed by atoms with van der Waals surface area (Å²) in [6, 6.07) is 6.87. The Morgan fingerprint density at radius 2 is 2.03 bits per heavy atom. The molecule has 0 bridgehead atoms. The lowest BCUT2D eigenvalue weighted by Crippen LogP contribution is -2.22. The second kappa shape index (κ2) is 7.87. The van der Waals surface area contributed by atoms with Gasteiger partial charge in [0.05, 0.1) is 28.5 Å². The molecule has 0 aliphatic heterocycles. The number of nitriles is 1. The van der Waals surface area contributed by atoms with E-state index in [4.69, 9.17) is 16.7 Å². The predicted molar refractivity (Wildman–Crippen MR) is 113 cm³/mol. The summed E-state index contributed by atoms with van der Waals surface area (Å²) in [5.41, 5.74) is -0.709. The second-order valence-electron chi connectivity index (χ2n) is 7.95. The number of nitrogens with one attached hydrogen (secondary N) is 1. The lowest BCUT2D eigenvalue weighted by molar-refractivity contribution is -0.0583. The van der Waals surface area contributed by atoms with Crippen molar-refractivity contribution in [1.82, 2.24) is 15.0 Å². The first kappa shape index (κ1) is 22.2. The normalized spacial score (nSPS) is 15.9. The van der Waals surface area contributed by atoms with Crippen molar-refractivity contribution in [2.75, 3.05) is 11.9 Å². The van der Waals surface area contributed by atoms with Gasteiger partial charge in [0.2, 0.25) is 0 Å². The molecule has 1 fully saturated rings. The van der Waals surface area contributed by atoms with Gasteiger partial charge in [0.15, 0.2) is 5.65 Å². The van der Waals surface area contributed by atoms with E-state index in [1.54, 1.807) is 19.9 Å². The van der Waals surface area contributed by atoms with Gasteiger partial charge in [0, 0.05) is 11.1 Å². The van der Waals surface area contributed by atoms with Crippen LogP contribution in [0, 0.1) is 24.1 Å². The van der Waals surface area contributed by atoms with Crippen molar-refractivity contribution in [2.45, 2.75) is 44.1 Å². The van der Waals surface area contributed by atoms with Crippen molar-refractivity contribution in [2.24, 2.45) is 0 Å². The van der Waals surface area contributed by atoms with E-state index in [1.807, 2.05) is 0 Å². The van der Waals surface area contributed by atoms with E-state index >= 15 is 0 Å². The van der Waals surface area contributed by atoms with Crippen molar-refractivity contribution in [1.29, 1.82) is 5.26 Å². The Bertz CT molecular complexity index is 1260. The minimum Gasteiger partial charge on any atom is -0.390 e. The summed E-state index contributed by atoms with van der Waals surface area (Å²) in [5.74, 6) is -4.11. The number of pyridine rings is 1. The maximum absolute atomic E-state index is 14.9. The molecule has 1 aliphatic carbocycles. The van der Waals surface area contributed by atoms with Crippen LogP contribution in [-0.2, 0) is 11.3 Å². The van der Waals surface area contributed by atoms with Gasteiger partial charge in [-0.2, -0.15) is 14.0 Å². The van der Waals surface area contributed by atoms with Crippen molar-refractivity contribution < 1.29 is 18.3 Å². The van der Waals surface area contributed by atoms with Gasteiger partial charge in [-0.3, -0.25) is 0 Å². The third kappa shape index (κ3) is 3.74. The molecule has 0 spiro atoms. The van der Waals surface area contributed by atoms with Crippen molar-refractivity contribution in [3.8, 4) is 6.07 Å². The standard InChI is InChI=1S/C22H19ClF3N5O/c1-11(13-4-3-5-15(17(13)24)22(25,26)10-32)28-19-14-8-16(21(9-27)6-7-21)18(23)31-20(14)30-12(2)29-19/h3-5,8,11,32H,6-7,10H2,1-2H3,(H,28,29,30,31)/t11-/m1/s1. The summed E-state index contributed by atoms with van der Waals surface area (Å²) in [4.78, 5) is 13.0. The third-order valence-electron chi connectivity index (χ3n) is 5.67. The lowest BCUT2D eigenvalue weighted by Gasteiger charge is -2.21. The van der Waals surface area contributed by atoms with Gasteiger partial charge < -0.3 is 10.4 Å². The monoisotopic (exact) mass is 461 g/mol. The highest BCUT2D eigenvalue weighted by Gasteiger charge is 2.47. The third-order valence-corrected chi connectivity index (χ3v) is 5.96. The molecule has 0 radical (unpaired) electrons. The largest absolute Gasteiger partial charge is 0.390 e. The first-order valence-corrected chi connectivity index (χ1v) is 10.3. The Morgan fingerprint density at radius 1 is 1.31 bits per heavy atom. The zero-order chi connectivity index (χ0) is 23.3. The van der Waals surface area contributed by atoms with Crippen molar-refractivity contribution in [3.63, 3.8) is 0 Å². The first-order valence-electron chi connectivity index (χ1n) is 9.92. The number of benzene rings is 1. The Morgan fingerprint density at radius 3 is 2.66 bits per heavy atom. The van der Waals surface area contributed by atoms with E-state index in [1.165, 1.54) is 12.1 Å². The van der Waals surface area contributed by atoms with E-state index in [2.05, 4.69) is 26.3 Å². The van der Waals surface area contributed by atoms with Crippen LogP contribution < -0.4 is 5.32 Å². The van der Waals surface area contributed by atoms with Gasteiger partial charge >= 0.3 is 0 Å². The van der Waals surface area contributed by atoms with Gasteiger partial charge in [-0.05, 0) is 38.8 Å². The highest BCUT2D eigenvalue weighted by atomic mass is 35.5. The molecule has 32 heavy (non-hydrogen) atoms. The average Bonchev–Trinajstić information content (AvgIpc) is 3.54. The van der Waals surface area contributed by atoms with Crippen LogP contribution in [0.1, 0.15) is 48.3 Å². The fraction of sp³-hybridized carbons (Fsp3) is 0.364. The molecule has 0 amide bonds. The number of nitrogens with zero attached hydrogens (tertiary/aromatic N) is 4. The van der Waals surface area contributed by atoms with Gasteiger partial charge in [-0.25, -0.2) is 19.3 Å². The molecule has 1 saturated carbocycles. The number of alkyl halides is 2. The van der Waals surface area contributed by atoms with E-state index in [9.17, 15) is 18.4 Å². The van der Waals surface area contributed by atoms with Crippen molar-refractivity contribution >= 4 is 28.5 Å². The lowest BCUT2D eigenvalue weighted by atomic mass is 9.98. The topological polar surface area (TPSA) is 94.7 Å². The van der Waals surface area contributed by atoms with Gasteiger partial charge in [-0.1, -0.05) is 23.7 Å². The Balaban J connectivity index is 1.77. The molecule has 0 unspecified atom stereocenters. The maximum Gasteiger partial charge on any atom is 0.298 e. The highest BCUT2D eigenvalue weighted by molar-refractivity contribution is 6.30. The number of anilines is 1. The van der Waals surface area contributed by atoms with E-state index in [-0.39, 0.29) is 10.7 Å². The predicted octanol–water partition coefficient (Wildman–Crippen LogP) is 4.94. The van der Waals surface area contributed by atoms with Crippen LogP contribution in [0.3, 0.4) is 0 Å². The summed E-state index contributed by atoms with van der Waals surface area (Å²) >= 11 is 6.32. The molecule has 2 N–H and O–H groups in total. The molecule has 10 heteroatoms. The summed E-state index contributed by atoms with van der Waals surface area (Å²) in [5, 5.41) is 22.2. The summed E-state index contributed by atoms with van der Waals surface area (Å²) in [7, 11) is 0. The van der Waals surface area contributed by atoms with E-state index < -0.39 is 35.4 Å². The SMILES string of the molecule is Cc1nc(N[C@H](C)c2cccc(C(F)(F)CO)c2F)c2cc(C3(C#N)CC3)c(Cl)nc2n1. The molecule has 166 valence electrons. The molecule has 2 heterocycles. The van der Waals surface area contributed by atoms with Gasteiger partial charge in [0.1, 0.15) is 29.2 Å². The van der Waals surface area contributed by atoms with E-state index in [0.717, 1.165) is 6.07 Å². The Labute approximate surface area is 187 Å². The maximum atomic E-state index is 14.9. The molecule has 4 rings (SSSR count). The molecular formula is C22H19ClF3N5O. The van der Waals surface area contributed by atoms with Crippen LogP contribution in [0.4, 0.5) is 19.0 Å². The minimum absolute atomic E-state index is 0.0159. The molecule has 1 aromatic carbocycles. The number of hydrogen-bond donors (Lipinski definition) is 2. The first-order chi connectivity index (χ1) is 15.1. The summed E-state index contributed by atoms with van der Waals surface area (Å²) in [6.45, 7) is 1.75. The number of aliphatic hydroxyl groups is 1. The number of rotatable bonds is 6. The number of aliphatic hydroxyl groups excluding tert-OH is 1. The minimum atomic E-state index is -3.70. The molecule has 2 aromatic heterocycles. The fourth-order valence-electron chi connectivity index (χ4n) is 3.69. The zero-order valence-electron chi connectivity index (χ0n) is 17.3. The van der Waals surface area contributed by atoms with Crippen LogP contribution in [0.15, 0.2) is 24.3 Å².